The molecule has 108 valence electrons. The van der Waals surface area contributed by atoms with Crippen molar-refractivity contribution in [3.63, 3.8) is 0 Å². The van der Waals surface area contributed by atoms with Crippen molar-refractivity contribution in [1.82, 2.24) is 13.5 Å². The van der Waals surface area contributed by atoms with E-state index in [0.29, 0.717) is 27.0 Å². The highest BCUT2D eigenvalue weighted by atomic mass is 79.9. The summed E-state index contributed by atoms with van der Waals surface area (Å²) in [7, 11) is -3.72. The van der Waals surface area contributed by atoms with Crippen LogP contribution in [0.3, 0.4) is 0 Å². The Balaban J connectivity index is 1.93. The van der Waals surface area contributed by atoms with Crippen LogP contribution in [0.2, 0.25) is 0 Å². The SMILES string of the molecule is O=S(=O)(NCC1(O)CSC1)c1ccc(Br)c2nsnc12. The minimum absolute atomic E-state index is 0.0114. The maximum atomic E-state index is 12.3. The Kier molecular flexibility index (Phi) is 3.80. The maximum absolute atomic E-state index is 12.3. The van der Waals surface area contributed by atoms with Gasteiger partial charge in [0.05, 0.1) is 17.3 Å². The van der Waals surface area contributed by atoms with E-state index in [1.165, 1.54) is 6.07 Å². The standard InChI is InChI=1S/C10H10BrN3O3S3/c11-6-1-2-7(9-8(6)13-19-14-9)20(16,17)12-3-10(15)4-18-5-10/h1-2,12,15H,3-5H2. The fraction of sp³-hybridized carbons (Fsp3) is 0.400. The van der Waals surface area contributed by atoms with Crippen LogP contribution in [0.4, 0.5) is 0 Å². The third-order valence-corrected chi connectivity index (χ3v) is 7.04. The van der Waals surface area contributed by atoms with Crippen molar-refractivity contribution in [3.05, 3.63) is 16.6 Å². The Morgan fingerprint density at radius 3 is 2.70 bits per heavy atom. The Morgan fingerprint density at radius 2 is 2.05 bits per heavy atom. The molecular weight excluding hydrogens is 386 g/mol. The molecule has 0 unspecified atom stereocenters. The van der Waals surface area contributed by atoms with Crippen molar-refractivity contribution in [2.24, 2.45) is 0 Å². The number of halogens is 1. The first-order valence-electron chi connectivity index (χ1n) is 5.62. The molecule has 2 aromatic rings. The molecule has 1 aromatic carbocycles. The van der Waals surface area contributed by atoms with Crippen LogP contribution in [0.5, 0.6) is 0 Å². The van der Waals surface area contributed by atoms with E-state index in [2.05, 4.69) is 29.4 Å². The Hall–Kier alpha value is -0.260. The van der Waals surface area contributed by atoms with Crippen LogP contribution in [0.25, 0.3) is 11.0 Å². The highest BCUT2D eigenvalue weighted by Gasteiger charge is 2.36. The topological polar surface area (TPSA) is 92.2 Å². The smallest absolute Gasteiger partial charge is 0.242 e. The van der Waals surface area contributed by atoms with Gasteiger partial charge in [0.1, 0.15) is 15.9 Å². The zero-order chi connectivity index (χ0) is 14.4. The van der Waals surface area contributed by atoms with Gasteiger partial charge < -0.3 is 5.11 Å². The lowest BCUT2D eigenvalue weighted by molar-refractivity contribution is 0.0840. The summed E-state index contributed by atoms with van der Waals surface area (Å²) >= 11 is 5.86. The average molecular weight is 396 g/mol. The number of benzene rings is 1. The number of aliphatic hydroxyl groups is 1. The Labute approximate surface area is 132 Å². The van der Waals surface area contributed by atoms with Crippen molar-refractivity contribution in [2.75, 3.05) is 18.1 Å². The van der Waals surface area contributed by atoms with Crippen molar-refractivity contribution < 1.29 is 13.5 Å². The second-order valence-electron chi connectivity index (χ2n) is 4.55. The summed E-state index contributed by atoms with van der Waals surface area (Å²) in [5.41, 5.74) is -0.0744. The lowest BCUT2D eigenvalue weighted by Gasteiger charge is -2.35. The lowest BCUT2D eigenvalue weighted by Crippen LogP contribution is -2.52. The maximum Gasteiger partial charge on any atom is 0.242 e. The van der Waals surface area contributed by atoms with Gasteiger partial charge in [0, 0.05) is 22.5 Å². The minimum Gasteiger partial charge on any atom is -0.387 e. The first-order valence-corrected chi connectivity index (χ1v) is 9.78. The monoisotopic (exact) mass is 395 g/mol. The van der Waals surface area contributed by atoms with Crippen molar-refractivity contribution in [3.8, 4) is 0 Å². The third-order valence-electron chi connectivity index (χ3n) is 2.95. The molecule has 1 fully saturated rings. The lowest BCUT2D eigenvalue weighted by atomic mass is 10.1. The highest BCUT2D eigenvalue weighted by Crippen LogP contribution is 2.30. The number of thioether (sulfide) groups is 1. The molecule has 0 atom stereocenters. The van der Waals surface area contributed by atoms with Gasteiger partial charge in [0.2, 0.25) is 10.0 Å². The Bertz CT molecular complexity index is 757. The molecule has 6 nitrogen and oxygen atoms in total. The normalized spacial score (nSPS) is 18.1. The van der Waals surface area contributed by atoms with Gasteiger partial charge in [-0.05, 0) is 28.1 Å². The Morgan fingerprint density at radius 1 is 1.35 bits per heavy atom. The third kappa shape index (κ3) is 2.60. The molecule has 3 rings (SSSR count). The average Bonchev–Trinajstić information content (AvgIpc) is 2.84. The van der Waals surface area contributed by atoms with E-state index >= 15 is 0 Å². The van der Waals surface area contributed by atoms with Crippen LogP contribution >= 0.6 is 39.4 Å². The van der Waals surface area contributed by atoms with Gasteiger partial charge in [-0.2, -0.15) is 20.5 Å². The summed E-state index contributed by atoms with van der Waals surface area (Å²) in [4.78, 5) is 0.0834. The number of sulfonamides is 1. The number of nitrogens with one attached hydrogen (secondary N) is 1. The number of nitrogens with zero attached hydrogens (tertiary/aromatic N) is 2. The summed E-state index contributed by atoms with van der Waals surface area (Å²) in [6.07, 6.45) is 0. The molecule has 0 bridgehead atoms. The summed E-state index contributed by atoms with van der Waals surface area (Å²) in [6.45, 7) is 0.0114. The van der Waals surface area contributed by atoms with Crippen LogP contribution in [0, 0.1) is 0 Å². The van der Waals surface area contributed by atoms with E-state index in [1.807, 2.05) is 0 Å². The molecule has 0 radical (unpaired) electrons. The van der Waals surface area contributed by atoms with Gasteiger partial charge in [0.25, 0.3) is 0 Å². The van der Waals surface area contributed by atoms with E-state index in [1.54, 1.807) is 17.8 Å². The molecule has 0 amide bonds. The largest absolute Gasteiger partial charge is 0.387 e. The molecule has 1 saturated heterocycles. The minimum atomic E-state index is -3.72. The first-order chi connectivity index (χ1) is 9.41. The fourth-order valence-corrected chi connectivity index (χ4v) is 5.07. The van der Waals surface area contributed by atoms with Crippen molar-refractivity contribution >= 4 is 60.5 Å². The molecule has 0 saturated carbocycles. The number of hydrogen-bond acceptors (Lipinski definition) is 7. The molecule has 1 aromatic heterocycles. The van der Waals surface area contributed by atoms with Crippen LogP contribution < -0.4 is 4.72 Å². The van der Waals surface area contributed by atoms with Gasteiger partial charge >= 0.3 is 0 Å². The molecular formula is C10H10BrN3O3S3. The van der Waals surface area contributed by atoms with Crippen LogP contribution in [-0.4, -0.2) is 45.9 Å². The summed E-state index contributed by atoms with van der Waals surface area (Å²) in [5, 5.41) is 9.96. The predicted octanol–water partition coefficient (Wildman–Crippen LogP) is 1.21. The zero-order valence-corrected chi connectivity index (χ0v) is 14.1. The van der Waals surface area contributed by atoms with E-state index in [0.717, 1.165) is 11.7 Å². The summed E-state index contributed by atoms with van der Waals surface area (Å²) < 4.78 is 35.9. The van der Waals surface area contributed by atoms with Crippen LogP contribution in [-0.2, 0) is 10.0 Å². The molecule has 0 spiro atoms. The molecule has 2 heterocycles. The van der Waals surface area contributed by atoms with E-state index in [-0.39, 0.29) is 11.4 Å². The quantitative estimate of drug-likeness (QED) is 0.807. The van der Waals surface area contributed by atoms with Gasteiger partial charge in [-0.1, -0.05) is 0 Å². The predicted molar refractivity (Wildman–Crippen MR) is 82.6 cm³/mol. The van der Waals surface area contributed by atoms with Crippen LogP contribution in [0.15, 0.2) is 21.5 Å². The molecule has 20 heavy (non-hydrogen) atoms. The number of rotatable bonds is 4. The van der Waals surface area contributed by atoms with Crippen LogP contribution in [0.1, 0.15) is 0 Å². The van der Waals surface area contributed by atoms with E-state index in [4.69, 9.17) is 0 Å². The first kappa shape index (κ1) is 14.7. The van der Waals surface area contributed by atoms with E-state index in [9.17, 15) is 13.5 Å². The van der Waals surface area contributed by atoms with Crippen molar-refractivity contribution in [1.29, 1.82) is 0 Å². The zero-order valence-electron chi connectivity index (χ0n) is 10.0. The van der Waals surface area contributed by atoms with E-state index < -0.39 is 15.6 Å². The molecule has 1 aliphatic heterocycles. The molecule has 0 aliphatic carbocycles. The second-order valence-corrected chi connectivity index (χ2v) is 8.65. The van der Waals surface area contributed by atoms with Gasteiger partial charge in [-0.25, -0.2) is 13.1 Å². The summed E-state index contributed by atoms with van der Waals surface area (Å²) in [5.74, 6) is 1.09. The van der Waals surface area contributed by atoms with Gasteiger partial charge in [0.15, 0.2) is 0 Å². The van der Waals surface area contributed by atoms with Crippen molar-refractivity contribution in [2.45, 2.75) is 10.5 Å². The molecule has 10 heteroatoms. The van der Waals surface area contributed by atoms with Gasteiger partial charge in [-0.3, -0.25) is 0 Å². The highest BCUT2D eigenvalue weighted by molar-refractivity contribution is 9.10. The molecule has 2 N–H and O–H groups in total. The summed E-state index contributed by atoms with van der Waals surface area (Å²) in [6, 6.07) is 3.11. The second kappa shape index (κ2) is 5.18. The number of hydrogen-bond donors (Lipinski definition) is 2. The number of fused-ring (bicyclic) bond motifs is 1. The van der Waals surface area contributed by atoms with Gasteiger partial charge in [-0.15, -0.1) is 0 Å². The molecule has 1 aliphatic rings. The number of aromatic nitrogens is 2. The fourth-order valence-electron chi connectivity index (χ4n) is 1.78.